The predicted molar refractivity (Wildman–Crippen MR) is 105 cm³/mol. The second-order valence-electron chi connectivity index (χ2n) is 6.57. The first-order valence-corrected chi connectivity index (χ1v) is 9.65. The minimum Gasteiger partial charge on any atom is -0.366 e. The van der Waals surface area contributed by atoms with Gasteiger partial charge < -0.3 is 15.5 Å². The number of nitrogens with two attached hydrogens (primary N) is 1. The van der Waals surface area contributed by atoms with Gasteiger partial charge >= 0.3 is 0 Å². The summed E-state index contributed by atoms with van der Waals surface area (Å²) in [6, 6.07) is 6.53. The molecule has 1 aliphatic heterocycles. The summed E-state index contributed by atoms with van der Waals surface area (Å²) in [5.41, 5.74) is 5.39. The van der Waals surface area contributed by atoms with Gasteiger partial charge in [0.05, 0.1) is 12.0 Å². The molecular formula is C18H17FN6O3S. The zero-order valence-corrected chi connectivity index (χ0v) is 16.1. The summed E-state index contributed by atoms with van der Waals surface area (Å²) in [4.78, 5) is 44.1. The van der Waals surface area contributed by atoms with E-state index in [4.69, 9.17) is 5.73 Å². The predicted octanol–water partition coefficient (Wildman–Crippen LogP) is 0.440. The van der Waals surface area contributed by atoms with Gasteiger partial charge in [-0.25, -0.2) is 9.37 Å². The number of halogens is 1. The zero-order chi connectivity index (χ0) is 20.5. The van der Waals surface area contributed by atoms with E-state index in [0.29, 0.717) is 31.9 Å². The van der Waals surface area contributed by atoms with Gasteiger partial charge in [0.1, 0.15) is 22.6 Å². The molecule has 0 unspecified atom stereocenters. The van der Waals surface area contributed by atoms with Crippen molar-refractivity contribution in [3.63, 3.8) is 0 Å². The van der Waals surface area contributed by atoms with Gasteiger partial charge in [-0.05, 0) is 23.7 Å². The van der Waals surface area contributed by atoms with Crippen molar-refractivity contribution in [1.29, 1.82) is 0 Å². The number of hydrogen-bond acceptors (Lipinski definition) is 7. The van der Waals surface area contributed by atoms with Crippen molar-refractivity contribution >= 4 is 39.3 Å². The second-order valence-corrected chi connectivity index (χ2v) is 7.34. The number of carbonyl (C=O) groups excluding carboxylic acids is 2. The first-order valence-electron chi connectivity index (χ1n) is 8.87. The minimum absolute atomic E-state index is 0.0511. The molecule has 0 saturated carbocycles. The highest BCUT2D eigenvalue weighted by Gasteiger charge is 2.24. The van der Waals surface area contributed by atoms with Crippen LogP contribution in [-0.4, -0.2) is 56.8 Å². The quantitative estimate of drug-likeness (QED) is 0.660. The fourth-order valence-corrected chi connectivity index (χ4v) is 4.07. The van der Waals surface area contributed by atoms with E-state index < -0.39 is 11.5 Å². The normalized spacial score (nSPS) is 14.4. The number of nitrogens with zero attached hydrogens (tertiary/aromatic N) is 5. The number of fused-ring (bicyclic) bond motifs is 1. The summed E-state index contributed by atoms with van der Waals surface area (Å²) < 4.78 is 19.2. The average molecular weight is 416 g/mol. The summed E-state index contributed by atoms with van der Waals surface area (Å²) in [5, 5.41) is 0. The number of primary amides is 1. The number of para-hydroxylation sites is 1. The van der Waals surface area contributed by atoms with Crippen molar-refractivity contribution in [3.05, 3.63) is 52.5 Å². The molecule has 4 rings (SSSR count). The summed E-state index contributed by atoms with van der Waals surface area (Å²) in [5.74, 6) is -1.29. The van der Waals surface area contributed by atoms with Gasteiger partial charge in [0.2, 0.25) is 5.91 Å². The SMILES string of the molecule is NC(=O)c1nsc2c(=O)n(CC(=O)N3CCN(c4ccccc4F)CC3)cnc12. The number of aromatic nitrogens is 3. The minimum atomic E-state index is -0.760. The van der Waals surface area contributed by atoms with Crippen molar-refractivity contribution in [2.45, 2.75) is 6.54 Å². The molecule has 2 aromatic heterocycles. The Balaban J connectivity index is 1.45. The van der Waals surface area contributed by atoms with E-state index in [1.807, 2.05) is 4.90 Å². The van der Waals surface area contributed by atoms with E-state index in [9.17, 15) is 18.8 Å². The van der Waals surface area contributed by atoms with Crippen molar-refractivity contribution in [3.8, 4) is 0 Å². The van der Waals surface area contributed by atoms with E-state index in [-0.39, 0.29) is 34.2 Å². The van der Waals surface area contributed by atoms with Gasteiger partial charge in [-0.1, -0.05) is 12.1 Å². The highest BCUT2D eigenvalue weighted by molar-refractivity contribution is 7.13. The van der Waals surface area contributed by atoms with Crippen molar-refractivity contribution in [2.75, 3.05) is 31.1 Å². The van der Waals surface area contributed by atoms with Crippen molar-refractivity contribution in [2.24, 2.45) is 5.73 Å². The lowest BCUT2D eigenvalue weighted by atomic mass is 10.2. The van der Waals surface area contributed by atoms with E-state index in [2.05, 4.69) is 9.36 Å². The van der Waals surface area contributed by atoms with Gasteiger partial charge in [0.15, 0.2) is 5.69 Å². The molecule has 9 nitrogen and oxygen atoms in total. The number of hydrogen-bond donors (Lipinski definition) is 1. The number of carbonyl (C=O) groups is 2. The van der Waals surface area contributed by atoms with Crippen LogP contribution in [0.2, 0.25) is 0 Å². The van der Waals surface area contributed by atoms with E-state index in [0.717, 1.165) is 11.5 Å². The fraction of sp³-hybridized carbons (Fsp3) is 0.278. The Kier molecular flexibility index (Phi) is 4.97. The zero-order valence-electron chi connectivity index (χ0n) is 15.2. The summed E-state index contributed by atoms with van der Waals surface area (Å²) in [6.45, 7) is 1.66. The van der Waals surface area contributed by atoms with Crippen molar-refractivity contribution in [1.82, 2.24) is 18.8 Å². The fourth-order valence-electron chi connectivity index (χ4n) is 3.28. The first kappa shape index (κ1) is 19.0. The Morgan fingerprint density at radius 1 is 1.17 bits per heavy atom. The topological polar surface area (TPSA) is 114 Å². The molecule has 2 amide bonds. The van der Waals surface area contributed by atoms with E-state index in [1.54, 1.807) is 23.1 Å². The maximum absolute atomic E-state index is 13.9. The Labute approximate surface area is 168 Å². The molecule has 2 N–H and O–H groups in total. The molecule has 1 saturated heterocycles. The van der Waals surface area contributed by atoms with Crippen molar-refractivity contribution < 1.29 is 14.0 Å². The Bertz CT molecular complexity index is 1150. The van der Waals surface area contributed by atoms with Crippen LogP contribution in [-0.2, 0) is 11.3 Å². The molecule has 1 aromatic carbocycles. The molecule has 0 spiro atoms. The third-order valence-corrected chi connectivity index (χ3v) is 5.64. The summed E-state index contributed by atoms with van der Waals surface area (Å²) in [6.07, 6.45) is 1.22. The van der Waals surface area contributed by atoms with E-state index >= 15 is 0 Å². The molecule has 150 valence electrons. The number of amides is 2. The Morgan fingerprint density at radius 3 is 2.59 bits per heavy atom. The van der Waals surface area contributed by atoms with Crippen LogP contribution in [0.25, 0.3) is 10.2 Å². The van der Waals surface area contributed by atoms with Crippen LogP contribution in [0.15, 0.2) is 35.4 Å². The van der Waals surface area contributed by atoms with Gasteiger partial charge in [0.25, 0.3) is 11.5 Å². The largest absolute Gasteiger partial charge is 0.366 e. The molecule has 3 aromatic rings. The molecular weight excluding hydrogens is 399 g/mol. The number of piperazine rings is 1. The lowest BCUT2D eigenvalue weighted by Crippen LogP contribution is -2.50. The Hall–Kier alpha value is -3.34. The Morgan fingerprint density at radius 2 is 1.90 bits per heavy atom. The lowest BCUT2D eigenvalue weighted by Gasteiger charge is -2.36. The molecule has 0 aliphatic carbocycles. The first-order chi connectivity index (χ1) is 14.0. The third kappa shape index (κ3) is 3.56. The van der Waals surface area contributed by atoms with Crippen LogP contribution in [0.4, 0.5) is 10.1 Å². The van der Waals surface area contributed by atoms with Gasteiger partial charge in [-0.3, -0.25) is 19.0 Å². The van der Waals surface area contributed by atoms with Crippen LogP contribution in [0.3, 0.4) is 0 Å². The highest BCUT2D eigenvalue weighted by Crippen LogP contribution is 2.20. The molecule has 1 fully saturated rings. The standard InChI is InChI=1S/C18H17FN6O3S/c19-11-3-1-2-4-12(11)23-5-7-24(8-6-23)13(26)9-25-10-21-14-15(17(20)27)22-29-16(14)18(25)28/h1-4,10H,5-9H2,(H2,20,27). The number of rotatable bonds is 4. The monoisotopic (exact) mass is 416 g/mol. The maximum atomic E-state index is 13.9. The number of anilines is 1. The van der Waals surface area contributed by atoms with Gasteiger partial charge in [-0.15, -0.1) is 0 Å². The second kappa shape index (κ2) is 7.59. The van der Waals surface area contributed by atoms with Crippen LogP contribution in [0.1, 0.15) is 10.5 Å². The third-order valence-electron chi connectivity index (χ3n) is 4.81. The number of benzene rings is 1. The molecule has 11 heteroatoms. The molecule has 0 atom stereocenters. The van der Waals surface area contributed by atoms with Crippen LogP contribution < -0.4 is 16.2 Å². The smallest absolute Gasteiger partial charge is 0.273 e. The molecule has 29 heavy (non-hydrogen) atoms. The molecule has 0 bridgehead atoms. The van der Waals surface area contributed by atoms with Crippen LogP contribution in [0.5, 0.6) is 0 Å². The summed E-state index contributed by atoms with van der Waals surface area (Å²) in [7, 11) is 0. The lowest BCUT2D eigenvalue weighted by molar-refractivity contribution is -0.132. The van der Waals surface area contributed by atoms with Crippen LogP contribution in [0, 0.1) is 5.82 Å². The highest BCUT2D eigenvalue weighted by atomic mass is 32.1. The van der Waals surface area contributed by atoms with Gasteiger partial charge in [0, 0.05) is 26.2 Å². The molecule has 0 radical (unpaired) electrons. The molecule has 3 heterocycles. The van der Waals surface area contributed by atoms with Gasteiger partial charge in [-0.2, -0.15) is 4.37 Å². The van der Waals surface area contributed by atoms with Crippen LogP contribution >= 0.6 is 11.5 Å². The summed E-state index contributed by atoms with van der Waals surface area (Å²) >= 11 is 0.831. The molecule has 1 aliphatic rings. The maximum Gasteiger partial charge on any atom is 0.273 e. The average Bonchev–Trinajstić information content (AvgIpc) is 3.16. The van der Waals surface area contributed by atoms with E-state index in [1.165, 1.54) is 17.0 Å².